The van der Waals surface area contributed by atoms with Gasteiger partial charge in [0.05, 0.1) is 12.6 Å². The number of amides is 1. The van der Waals surface area contributed by atoms with Crippen molar-refractivity contribution in [1.82, 2.24) is 14.9 Å². The highest BCUT2D eigenvalue weighted by molar-refractivity contribution is 5.91. The highest BCUT2D eigenvalue weighted by Gasteiger charge is 1.96. The van der Waals surface area contributed by atoms with Crippen LogP contribution < -0.4 is 5.32 Å². The molecule has 0 atom stereocenters. The van der Waals surface area contributed by atoms with Gasteiger partial charge in [-0.2, -0.15) is 0 Å². The normalized spacial score (nSPS) is 10.8. The number of rotatable bonds is 5. The molecular weight excluding hydrogens is 218 g/mol. The lowest BCUT2D eigenvalue weighted by Gasteiger charge is -2.02. The Hall–Kier alpha value is -2.30. The third-order valence-electron chi connectivity index (χ3n) is 2.17. The van der Waals surface area contributed by atoms with Gasteiger partial charge in [-0.15, -0.1) is 0 Å². The summed E-state index contributed by atoms with van der Waals surface area (Å²) in [6.45, 7) is 1.28. The average Bonchev–Trinajstić information content (AvgIpc) is 2.99. The van der Waals surface area contributed by atoms with E-state index in [9.17, 15) is 4.79 Å². The number of nitrogens with zero attached hydrogens (tertiary/aromatic N) is 2. The Bertz CT molecular complexity index is 472. The maximum absolute atomic E-state index is 11.4. The van der Waals surface area contributed by atoms with Crippen LogP contribution in [0.5, 0.6) is 0 Å². The van der Waals surface area contributed by atoms with Gasteiger partial charge in [-0.05, 0) is 18.2 Å². The molecule has 0 radical (unpaired) electrons. The van der Waals surface area contributed by atoms with Gasteiger partial charge >= 0.3 is 0 Å². The zero-order valence-corrected chi connectivity index (χ0v) is 9.24. The molecule has 17 heavy (non-hydrogen) atoms. The van der Waals surface area contributed by atoms with E-state index in [-0.39, 0.29) is 5.91 Å². The Morgan fingerprint density at radius 1 is 1.59 bits per heavy atom. The molecule has 2 aromatic heterocycles. The van der Waals surface area contributed by atoms with Gasteiger partial charge in [-0.3, -0.25) is 4.79 Å². The van der Waals surface area contributed by atoms with Crippen molar-refractivity contribution in [1.29, 1.82) is 0 Å². The molecule has 1 N–H and O–H groups in total. The zero-order chi connectivity index (χ0) is 11.9. The predicted molar refractivity (Wildman–Crippen MR) is 63.0 cm³/mol. The summed E-state index contributed by atoms with van der Waals surface area (Å²) in [5.41, 5.74) is 0. The molecule has 0 spiro atoms. The molecule has 0 aliphatic heterocycles. The highest BCUT2D eigenvalue weighted by atomic mass is 16.3. The van der Waals surface area contributed by atoms with Crippen LogP contribution in [0.1, 0.15) is 5.76 Å². The minimum absolute atomic E-state index is 0.137. The first-order chi connectivity index (χ1) is 8.34. The van der Waals surface area contributed by atoms with Gasteiger partial charge in [0.15, 0.2) is 0 Å². The fourth-order valence-electron chi connectivity index (χ4n) is 1.33. The Balaban J connectivity index is 1.71. The standard InChI is InChI=1S/C12H13N3O2/c16-12(4-3-11-2-1-9-17-11)14-6-8-15-7-5-13-10-15/h1-5,7,9-10H,6,8H2,(H,14,16)/b4-3+. The number of carbonyl (C=O) groups is 1. The molecule has 0 aromatic carbocycles. The van der Waals surface area contributed by atoms with Gasteiger partial charge in [-0.1, -0.05) is 0 Å². The predicted octanol–water partition coefficient (Wildman–Crippen LogP) is 1.31. The summed E-state index contributed by atoms with van der Waals surface area (Å²) in [5.74, 6) is 0.524. The Labute approximate surface area is 98.8 Å². The van der Waals surface area contributed by atoms with E-state index >= 15 is 0 Å². The van der Waals surface area contributed by atoms with Crippen molar-refractivity contribution in [2.24, 2.45) is 0 Å². The van der Waals surface area contributed by atoms with Crippen molar-refractivity contribution in [2.45, 2.75) is 6.54 Å². The molecule has 2 heterocycles. The number of imidazole rings is 1. The fourth-order valence-corrected chi connectivity index (χ4v) is 1.33. The van der Waals surface area contributed by atoms with Crippen LogP contribution in [0, 0.1) is 0 Å². The quantitative estimate of drug-likeness (QED) is 0.789. The van der Waals surface area contributed by atoms with Gasteiger partial charge < -0.3 is 14.3 Å². The smallest absolute Gasteiger partial charge is 0.244 e. The van der Waals surface area contributed by atoms with E-state index in [4.69, 9.17) is 4.42 Å². The van der Waals surface area contributed by atoms with Crippen molar-refractivity contribution in [2.75, 3.05) is 6.54 Å². The van der Waals surface area contributed by atoms with E-state index in [0.29, 0.717) is 18.8 Å². The fraction of sp³-hybridized carbons (Fsp3) is 0.167. The van der Waals surface area contributed by atoms with Crippen LogP contribution in [0.25, 0.3) is 6.08 Å². The number of aromatic nitrogens is 2. The zero-order valence-electron chi connectivity index (χ0n) is 9.24. The van der Waals surface area contributed by atoms with Gasteiger partial charge in [0.25, 0.3) is 0 Å². The molecule has 5 nitrogen and oxygen atoms in total. The number of hydrogen-bond donors (Lipinski definition) is 1. The van der Waals surface area contributed by atoms with E-state index < -0.39 is 0 Å². The van der Waals surface area contributed by atoms with Crippen LogP contribution in [-0.2, 0) is 11.3 Å². The second-order valence-corrected chi connectivity index (χ2v) is 3.44. The Kier molecular flexibility index (Phi) is 3.75. The number of nitrogens with one attached hydrogen (secondary N) is 1. The summed E-state index contributed by atoms with van der Waals surface area (Å²) in [7, 11) is 0. The van der Waals surface area contributed by atoms with Gasteiger partial charge in [0.2, 0.25) is 5.91 Å². The molecule has 0 saturated heterocycles. The molecule has 1 amide bonds. The van der Waals surface area contributed by atoms with E-state index in [1.165, 1.54) is 6.08 Å². The van der Waals surface area contributed by atoms with Crippen LogP contribution in [-0.4, -0.2) is 22.0 Å². The van der Waals surface area contributed by atoms with Crippen molar-refractivity contribution < 1.29 is 9.21 Å². The lowest BCUT2D eigenvalue weighted by Crippen LogP contribution is -2.25. The molecule has 2 aromatic rings. The molecule has 88 valence electrons. The first-order valence-electron chi connectivity index (χ1n) is 5.30. The minimum atomic E-state index is -0.137. The summed E-state index contributed by atoms with van der Waals surface area (Å²) in [5, 5.41) is 2.77. The molecule has 0 bridgehead atoms. The molecule has 0 saturated carbocycles. The second-order valence-electron chi connectivity index (χ2n) is 3.44. The molecule has 0 unspecified atom stereocenters. The lowest BCUT2D eigenvalue weighted by atomic mass is 10.4. The topological polar surface area (TPSA) is 60.1 Å². The maximum Gasteiger partial charge on any atom is 0.244 e. The van der Waals surface area contributed by atoms with E-state index in [1.807, 2.05) is 10.8 Å². The molecule has 5 heteroatoms. The van der Waals surface area contributed by atoms with E-state index in [1.54, 1.807) is 37.0 Å². The molecule has 0 aliphatic rings. The minimum Gasteiger partial charge on any atom is -0.465 e. The van der Waals surface area contributed by atoms with Gasteiger partial charge in [0, 0.05) is 31.6 Å². The lowest BCUT2D eigenvalue weighted by molar-refractivity contribution is -0.116. The average molecular weight is 231 g/mol. The third-order valence-corrected chi connectivity index (χ3v) is 2.17. The summed E-state index contributed by atoms with van der Waals surface area (Å²) in [6, 6.07) is 3.56. The van der Waals surface area contributed by atoms with E-state index in [0.717, 1.165) is 0 Å². The number of furan rings is 1. The Morgan fingerprint density at radius 2 is 2.53 bits per heavy atom. The number of carbonyl (C=O) groups excluding carboxylic acids is 1. The molecular formula is C12H13N3O2. The van der Waals surface area contributed by atoms with E-state index in [2.05, 4.69) is 10.3 Å². The van der Waals surface area contributed by atoms with Crippen molar-refractivity contribution >= 4 is 12.0 Å². The monoisotopic (exact) mass is 231 g/mol. The van der Waals surface area contributed by atoms with Crippen molar-refractivity contribution in [3.05, 3.63) is 49.0 Å². The van der Waals surface area contributed by atoms with Crippen molar-refractivity contribution in [3.8, 4) is 0 Å². The first kappa shape index (κ1) is 11.2. The molecule has 2 rings (SSSR count). The van der Waals surface area contributed by atoms with Crippen LogP contribution >= 0.6 is 0 Å². The van der Waals surface area contributed by atoms with Gasteiger partial charge in [0.1, 0.15) is 5.76 Å². The largest absolute Gasteiger partial charge is 0.465 e. The van der Waals surface area contributed by atoms with Crippen LogP contribution in [0.4, 0.5) is 0 Å². The van der Waals surface area contributed by atoms with Crippen LogP contribution in [0.3, 0.4) is 0 Å². The Morgan fingerprint density at radius 3 is 3.24 bits per heavy atom. The van der Waals surface area contributed by atoms with Crippen molar-refractivity contribution in [3.63, 3.8) is 0 Å². The summed E-state index contributed by atoms with van der Waals surface area (Å²) in [6.07, 6.45) is 9.92. The summed E-state index contributed by atoms with van der Waals surface area (Å²) < 4.78 is 6.97. The number of hydrogen-bond acceptors (Lipinski definition) is 3. The SMILES string of the molecule is O=C(/C=C/c1ccco1)NCCn1ccnc1. The van der Waals surface area contributed by atoms with Gasteiger partial charge in [-0.25, -0.2) is 4.98 Å². The summed E-state index contributed by atoms with van der Waals surface area (Å²) in [4.78, 5) is 15.3. The molecule has 0 aliphatic carbocycles. The second kappa shape index (κ2) is 5.69. The molecule has 0 fully saturated rings. The highest BCUT2D eigenvalue weighted by Crippen LogP contribution is 2.01. The maximum atomic E-state index is 11.4. The first-order valence-corrected chi connectivity index (χ1v) is 5.30. The summed E-state index contributed by atoms with van der Waals surface area (Å²) >= 11 is 0. The van der Waals surface area contributed by atoms with Crippen LogP contribution in [0.15, 0.2) is 47.6 Å². The van der Waals surface area contributed by atoms with Crippen LogP contribution in [0.2, 0.25) is 0 Å². The third kappa shape index (κ3) is 3.64.